The van der Waals surface area contributed by atoms with Crippen LogP contribution in [0.2, 0.25) is 0 Å². The van der Waals surface area contributed by atoms with Crippen LogP contribution in [0.1, 0.15) is 20.3 Å². The summed E-state index contributed by atoms with van der Waals surface area (Å²) in [5, 5.41) is 0. The third-order valence-electron chi connectivity index (χ3n) is 3.13. The van der Waals surface area contributed by atoms with E-state index < -0.39 is 0 Å². The zero-order valence-electron chi connectivity index (χ0n) is 11.5. The first-order valence-electron chi connectivity index (χ1n) is 6.95. The minimum Gasteiger partial charge on any atom is -0.380 e. The molecule has 0 spiro atoms. The van der Waals surface area contributed by atoms with Crippen LogP contribution in [0.5, 0.6) is 0 Å². The Balaban J connectivity index is 2.09. The van der Waals surface area contributed by atoms with Crippen LogP contribution in [0.3, 0.4) is 0 Å². The van der Waals surface area contributed by atoms with E-state index in [1.807, 2.05) is 0 Å². The summed E-state index contributed by atoms with van der Waals surface area (Å²) in [6.07, 6.45) is 1.25. The van der Waals surface area contributed by atoms with Gasteiger partial charge in [-0.25, -0.2) is 0 Å². The summed E-state index contributed by atoms with van der Waals surface area (Å²) in [5.74, 6) is 0.638. The molecule has 0 aromatic rings. The zero-order chi connectivity index (χ0) is 12.5. The molecule has 0 aromatic carbocycles. The first-order valence-corrected chi connectivity index (χ1v) is 6.95. The lowest BCUT2D eigenvalue weighted by molar-refractivity contribution is 0.0862. The maximum Gasteiger partial charge on any atom is 0.0593 e. The molecule has 1 fully saturated rings. The molecular weight excluding hydrogens is 214 g/mol. The molecule has 0 bridgehead atoms. The molecule has 17 heavy (non-hydrogen) atoms. The van der Waals surface area contributed by atoms with Crippen molar-refractivity contribution in [2.24, 2.45) is 11.7 Å². The SMILES string of the molecule is CC(C)COCCN1CCCN(CCN)CC1. The van der Waals surface area contributed by atoms with Gasteiger partial charge < -0.3 is 15.4 Å². The number of hydrogen-bond donors (Lipinski definition) is 1. The molecule has 1 aliphatic heterocycles. The minimum atomic E-state index is 0.638. The molecule has 0 radical (unpaired) electrons. The van der Waals surface area contributed by atoms with Crippen molar-refractivity contribution >= 4 is 0 Å². The second-order valence-corrected chi connectivity index (χ2v) is 5.29. The maximum atomic E-state index is 5.64. The van der Waals surface area contributed by atoms with E-state index in [2.05, 4.69) is 23.6 Å². The summed E-state index contributed by atoms with van der Waals surface area (Å²) >= 11 is 0. The molecule has 1 saturated heterocycles. The van der Waals surface area contributed by atoms with Gasteiger partial charge in [-0.15, -0.1) is 0 Å². The summed E-state index contributed by atoms with van der Waals surface area (Å²) in [4.78, 5) is 4.98. The quantitative estimate of drug-likeness (QED) is 0.666. The lowest BCUT2D eigenvalue weighted by Gasteiger charge is -2.21. The van der Waals surface area contributed by atoms with Crippen LogP contribution in [0.4, 0.5) is 0 Å². The standard InChI is InChI=1S/C13H29N3O/c1-13(2)12-17-11-10-16-6-3-5-15(7-4-14)8-9-16/h13H,3-12,14H2,1-2H3. The van der Waals surface area contributed by atoms with Crippen LogP contribution in [0, 0.1) is 5.92 Å². The summed E-state index contributed by atoms with van der Waals surface area (Å²) in [7, 11) is 0. The van der Waals surface area contributed by atoms with Gasteiger partial charge in [-0.2, -0.15) is 0 Å². The molecule has 1 heterocycles. The fraction of sp³-hybridized carbons (Fsp3) is 1.00. The van der Waals surface area contributed by atoms with Crippen LogP contribution < -0.4 is 5.73 Å². The Morgan fingerprint density at radius 2 is 1.71 bits per heavy atom. The van der Waals surface area contributed by atoms with Gasteiger partial charge in [-0.1, -0.05) is 13.8 Å². The maximum absolute atomic E-state index is 5.64. The van der Waals surface area contributed by atoms with Crippen molar-refractivity contribution in [1.29, 1.82) is 0 Å². The van der Waals surface area contributed by atoms with E-state index in [0.29, 0.717) is 5.92 Å². The largest absolute Gasteiger partial charge is 0.380 e. The van der Waals surface area contributed by atoms with Gasteiger partial charge in [0.15, 0.2) is 0 Å². The van der Waals surface area contributed by atoms with Crippen molar-refractivity contribution < 1.29 is 4.74 Å². The third kappa shape index (κ3) is 6.99. The molecule has 0 atom stereocenters. The van der Waals surface area contributed by atoms with E-state index in [-0.39, 0.29) is 0 Å². The highest BCUT2D eigenvalue weighted by atomic mass is 16.5. The number of ether oxygens (including phenoxy) is 1. The molecule has 0 saturated carbocycles. The van der Waals surface area contributed by atoms with E-state index in [4.69, 9.17) is 10.5 Å². The van der Waals surface area contributed by atoms with Gasteiger partial charge in [-0.3, -0.25) is 4.90 Å². The Morgan fingerprint density at radius 1 is 1.06 bits per heavy atom. The Bertz CT molecular complexity index is 188. The second kappa shape index (κ2) is 8.86. The molecule has 0 aliphatic carbocycles. The summed E-state index contributed by atoms with van der Waals surface area (Å²) in [5.41, 5.74) is 5.60. The van der Waals surface area contributed by atoms with Crippen molar-refractivity contribution in [1.82, 2.24) is 9.80 Å². The molecule has 1 rings (SSSR count). The van der Waals surface area contributed by atoms with Crippen LogP contribution in [-0.4, -0.2) is 68.8 Å². The topological polar surface area (TPSA) is 41.7 Å². The number of nitrogens with two attached hydrogens (primary N) is 1. The number of hydrogen-bond acceptors (Lipinski definition) is 4. The van der Waals surface area contributed by atoms with Gasteiger partial charge in [0.05, 0.1) is 6.61 Å². The van der Waals surface area contributed by atoms with Crippen molar-refractivity contribution in [2.45, 2.75) is 20.3 Å². The molecule has 102 valence electrons. The van der Waals surface area contributed by atoms with E-state index in [1.165, 1.54) is 19.5 Å². The highest BCUT2D eigenvalue weighted by Gasteiger charge is 2.13. The highest BCUT2D eigenvalue weighted by molar-refractivity contribution is 4.69. The Kier molecular flexibility index (Phi) is 7.77. The molecule has 0 aromatic heterocycles. The van der Waals surface area contributed by atoms with Crippen LogP contribution in [0.25, 0.3) is 0 Å². The lowest BCUT2D eigenvalue weighted by Crippen LogP contribution is -2.35. The van der Waals surface area contributed by atoms with Gasteiger partial charge in [-0.05, 0) is 25.4 Å². The monoisotopic (exact) mass is 243 g/mol. The van der Waals surface area contributed by atoms with E-state index in [1.54, 1.807) is 0 Å². The predicted molar refractivity (Wildman–Crippen MR) is 72.2 cm³/mol. The first-order chi connectivity index (χ1) is 8.22. The van der Waals surface area contributed by atoms with Crippen LogP contribution in [-0.2, 0) is 4.74 Å². The number of rotatable bonds is 7. The highest BCUT2D eigenvalue weighted by Crippen LogP contribution is 2.02. The van der Waals surface area contributed by atoms with Crippen LogP contribution in [0.15, 0.2) is 0 Å². The lowest BCUT2D eigenvalue weighted by atomic mass is 10.2. The third-order valence-corrected chi connectivity index (χ3v) is 3.13. The van der Waals surface area contributed by atoms with Crippen LogP contribution >= 0.6 is 0 Å². The fourth-order valence-electron chi connectivity index (χ4n) is 2.17. The van der Waals surface area contributed by atoms with Gasteiger partial charge in [0.2, 0.25) is 0 Å². The summed E-state index contributed by atoms with van der Waals surface area (Å²) in [6.45, 7) is 13.7. The minimum absolute atomic E-state index is 0.638. The Labute approximate surface area is 106 Å². The normalized spacial score (nSPS) is 19.8. The molecule has 0 unspecified atom stereocenters. The smallest absolute Gasteiger partial charge is 0.0593 e. The molecule has 1 aliphatic rings. The van der Waals surface area contributed by atoms with Crippen molar-refractivity contribution in [3.05, 3.63) is 0 Å². The van der Waals surface area contributed by atoms with E-state index in [0.717, 1.165) is 45.9 Å². The van der Waals surface area contributed by atoms with Gasteiger partial charge >= 0.3 is 0 Å². The van der Waals surface area contributed by atoms with E-state index in [9.17, 15) is 0 Å². The molecular formula is C13H29N3O. The summed E-state index contributed by atoms with van der Waals surface area (Å²) in [6, 6.07) is 0. The molecule has 0 amide bonds. The zero-order valence-corrected chi connectivity index (χ0v) is 11.5. The second-order valence-electron chi connectivity index (χ2n) is 5.29. The van der Waals surface area contributed by atoms with Crippen molar-refractivity contribution in [3.8, 4) is 0 Å². The molecule has 4 nitrogen and oxygen atoms in total. The fourth-order valence-corrected chi connectivity index (χ4v) is 2.17. The van der Waals surface area contributed by atoms with E-state index >= 15 is 0 Å². The van der Waals surface area contributed by atoms with Gasteiger partial charge in [0, 0.05) is 39.3 Å². The first kappa shape index (κ1) is 14.9. The molecule has 4 heteroatoms. The predicted octanol–water partition coefficient (Wildman–Crippen LogP) is 0.625. The average Bonchev–Trinajstić information content (AvgIpc) is 2.51. The van der Waals surface area contributed by atoms with Crippen molar-refractivity contribution in [2.75, 3.05) is 59.0 Å². The molecule has 2 N–H and O–H groups in total. The average molecular weight is 243 g/mol. The Morgan fingerprint density at radius 3 is 2.29 bits per heavy atom. The number of nitrogens with zero attached hydrogens (tertiary/aromatic N) is 2. The van der Waals surface area contributed by atoms with Gasteiger partial charge in [0.1, 0.15) is 0 Å². The summed E-state index contributed by atoms with van der Waals surface area (Å²) < 4.78 is 5.64. The van der Waals surface area contributed by atoms with Crippen molar-refractivity contribution in [3.63, 3.8) is 0 Å². The van der Waals surface area contributed by atoms with Gasteiger partial charge in [0.25, 0.3) is 0 Å². The Hall–Kier alpha value is -0.160.